The summed E-state index contributed by atoms with van der Waals surface area (Å²) in [5.41, 5.74) is -0.180. The van der Waals surface area contributed by atoms with E-state index >= 15 is 0 Å². The zero-order valence-electron chi connectivity index (χ0n) is 21.2. The highest BCUT2D eigenvalue weighted by atomic mass is 16.4. The van der Waals surface area contributed by atoms with Crippen molar-refractivity contribution in [3.05, 3.63) is 12.2 Å². The number of hydrogen-bond donors (Lipinski definition) is 4. The molecule has 5 heteroatoms. The topological polar surface area (TPSA) is 98.0 Å². The van der Waals surface area contributed by atoms with Crippen LogP contribution in [-0.2, 0) is 4.79 Å². The molecule has 0 amide bonds. The first-order chi connectivity index (χ1) is 15.4. The molecule has 0 radical (unpaired) electrons. The van der Waals surface area contributed by atoms with Crippen molar-refractivity contribution in [1.82, 2.24) is 0 Å². The summed E-state index contributed by atoms with van der Waals surface area (Å²) in [6.07, 6.45) is 9.03. The Morgan fingerprint density at radius 3 is 2.27 bits per heavy atom. The molecule has 0 aliphatic heterocycles. The third-order valence-electron chi connectivity index (χ3n) is 11.1. The summed E-state index contributed by atoms with van der Waals surface area (Å²) in [4.78, 5) is 11.6. The average Bonchev–Trinajstić information content (AvgIpc) is 3.08. The van der Waals surface area contributed by atoms with Gasteiger partial charge in [-0.15, -0.1) is 0 Å². The molecule has 0 spiro atoms. The van der Waals surface area contributed by atoms with Crippen LogP contribution in [0.15, 0.2) is 12.2 Å². The number of fused-ring (bicyclic) bond motifs is 5. The van der Waals surface area contributed by atoms with Gasteiger partial charge in [0.15, 0.2) is 0 Å². The minimum Gasteiger partial charge on any atom is -0.481 e. The fraction of sp³-hybridized carbons (Fsp3) is 0.893. The van der Waals surface area contributed by atoms with Crippen molar-refractivity contribution < 1.29 is 25.2 Å². The largest absolute Gasteiger partial charge is 0.481 e. The van der Waals surface area contributed by atoms with Crippen LogP contribution in [0.4, 0.5) is 0 Å². The molecule has 0 saturated heterocycles. The van der Waals surface area contributed by atoms with Crippen molar-refractivity contribution in [2.24, 2.45) is 58.2 Å². The molecule has 0 aromatic heterocycles. The van der Waals surface area contributed by atoms with E-state index < -0.39 is 18.0 Å². The maximum Gasteiger partial charge on any atom is 0.310 e. The van der Waals surface area contributed by atoms with Gasteiger partial charge in [0.1, 0.15) is 0 Å². The van der Waals surface area contributed by atoms with Gasteiger partial charge < -0.3 is 20.4 Å². The molecule has 0 heterocycles. The molecule has 0 aromatic carbocycles. The van der Waals surface area contributed by atoms with Crippen molar-refractivity contribution in [1.29, 1.82) is 0 Å². The Morgan fingerprint density at radius 2 is 1.64 bits per heavy atom. The summed E-state index contributed by atoms with van der Waals surface area (Å²) in [7, 11) is 0. The average molecular weight is 463 g/mol. The van der Waals surface area contributed by atoms with Crippen LogP contribution in [0.2, 0.25) is 0 Å². The lowest BCUT2D eigenvalue weighted by Gasteiger charge is -2.63. The predicted molar refractivity (Wildman–Crippen MR) is 128 cm³/mol. The SMILES string of the molecule is CC(C)[C@@H](C=C[C@@H](C)[C@H]1CC[C@H]2[C@@H]3[C@H](O)C[C@@H]4C[C@H](O)CC[C@]4(C)[C@H]3C[C@H](O)[C@]12C)C(=O)O. The number of aliphatic hydroxyl groups is 3. The van der Waals surface area contributed by atoms with Crippen molar-refractivity contribution >= 4 is 5.97 Å². The highest BCUT2D eigenvalue weighted by Crippen LogP contribution is 2.68. The minimum absolute atomic E-state index is 0.0407. The lowest BCUT2D eigenvalue weighted by Crippen LogP contribution is -2.62. The van der Waals surface area contributed by atoms with Crippen molar-refractivity contribution in [3.8, 4) is 0 Å². The van der Waals surface area contributed by atoms with E-state index in [1.807, 2.05) is 19.9 Å². The first kappa shape index (κ1) is 25.2. The summed E-state index contributed by atoms with van der Waals surface area (Å²) < 4.78 is 0. The second-order valence-corrected chi connectivity index (χ2v) is 12.9. The molecule has 4 fully saturated rings. The second-order valence-electron chi connectivity index (χ2n) is 12.9. The normalized spacial score (nSPS) is 49.4. The molecular weight excluding hydrogens is 416 g/mol. The molecule has 0 aromatic rings. The summed E-state index contributed by atoms with van der Waals surface area (Å²) in [5, 5.41) is 42.8. The standard InChI is InChI=1S/C28H46O5/c1-15(2)19(26(32)33)7-6-16(3)20-8-9-21-25-22(14-24(31)28(20,21)5)27(4)11-10-18(29)12-17(27)13-23(25)30/h6-7,15-25,29-31H,8-14H2,1-5H3,(H,32,33)/t16-,17+,18-,19-,20-,21+,22+,23-,24+,25+,27+,28-/m1/s1. The number of rotatable bonds is 5. The predicted octanol–water partition coefficient (Wildman–Crippen LogP) is 4.50. The first-order valence-electron chi connectivity index (χ1n) is 13.4. The molecule has 4 N–H and O–H groups in total. The molecule has 4 saturated carbocycles. The van der Waals surface area contributed by atoms with Crippen LogP contribution >= 0.6 is 0 Å². The summed E-state index contributed by atoms with van der Waals surface area (Å²) in [6, 6.07) is 0. The minimum atomic E-state index is -0.782. The van der Waals surface area contributed by atoms with Crippen molar-refractivity contribution in [2.45, 2.75) is 97.9 Å². The van der Waals surface area contributed by atoms with Crippen molar-refractivity contribution in [3.63, 3.8) is 0 Å². The van der Waals surface area contributed by atoms with Crippen LogP contribution in [0, 0.1) is 58.2 Å². The molecule has 33 heavy (non-hydrogen) atoms. The molecule has 4 aliphatic carbocycles. The van der Waals surface area contributed by atoms with Gasteiger partial charge in [-0.25, -0.2) is 0 Å². The molecule has 0 unspecified atom stereocenters. The Labute approximate surface area is 199 Å². The second kappa shape index (κ2) is 8.95. The Bertz CT molecular complexity index is 763. The van der Waals surface area contributed by atoms with Gasteiger partial charge in [-0.1, -0.05) is 46.8 Å². The van der Waals surface area contributed by atoms with Gasteiger partial charge in [0.2, 0.25) is 0 Å². The highest BCUT2D eigenvalue weighted by Gasteiger charge is 2.65. The molecule has 0 bridgehead atoms. The quantitative estimate of drug-likeness (QED) is 0.451. The molecule has 4 rings (SSSR count). The number of hydrogen-bond acceptors (Lipinski definition) is 4. The molecule has 12 atom stereocenters. The van der Waals surface area contributed by atoms with E-state index in [0.29, 0.717) is 11.8 Å². The van der Waals surface area contributed by atoms with Crippen LogP contribution in [0.3, 0.4) is 0 Å². The summed E-state index contributed by atoms with van der Waals surface area (Å²) in [6.45, 7) is 10.6. The number of allylic oxidation sites excluding steroid dienone is 1. The monoisotopic (exact) mass is 462 g/mol. The number of aliphatic carboxylic acids is 1. The van der Waals surface area contributed by atoms with Crippen LogP contribution in [0.25, 0.3) is 0 Å². The van der Waals surface area contributed by atoms with E-state index in [0.717, 1.165) is 44.9 Å². The summed E-state index contributed by atoms with van der Waals surface area (Å²) >= 11 is 0. The number of carbonyl (C=O) groups is 1. The third kappa shape index (κ3) is 4.00. The Balaban J connectivity index is 1.59. The fourth-order valence-electron chi connectivity index (χ4n) is 9.08. The van der Waals surface area contributed by atoms with E-state index in [2.05, 4.69) is 26.8 Å². The molecular formula is C28H46O5. The molecule has 4 aliphatic rings. The zero-order valence-corrected chi connectivity index (χ0v) is 21.2. The van der Waals surface area contributed by atoms with Crippen LogP contribution in [0.1, 0.15) is 79.6 Å². The van der Waals surface area contributed by atoms with Crippen molar-refractivity contribution in [2.75, 3.05) is 0 Å². The van der Waals surface area contributed by atoms with Crippen LogP contribution < -0.4 is 0 Å². The van der Waals surface area contributed by atoms with Gasteiger partial charge in [-0.2, -0.15) is 0 Å². The first-order valence-corrected chi connectivity index (χ1v) is 13.4. The lowest BCUT2D eigenvalue weighted by atomic mass is 9.43. The van der Waals surface area contributed by atoms with Gasteiger partial charge in [-0.3, -0.25) is 4.79 Å². The zero-order chi connectivity index (χ0) is 24.3. The van der Waals surface area contributed by atoms with Gasteiger partial charge >= 0.3 is 5.97 Å². The fourth-order valence-corrected chi connectivity index (χ4v) is 9.08. The number of aliphatic hydroxyl groups excluding tert-OH is 3. The Kier molecular flexibility index (Phi) is 6.83. The van der Waals surface area contributed by atoms with Gasteiger partial charge in [-0.05, 0) is 91.8 Å². The maximum absolute atomic E-state index is 11.6. The number of carboxylic acid groups (broad SMARTS) is 1. The van der Waals surface area contributed by atoms with E-state index in [1.165, 1.54) is 0 Å². The Morgan fingerprint density at radius 1 is 0.939 bits per heavy atom. The van der Waals surface area contributed by atoms with Gasteiger partial charge in [0, 0.05) is 5.41 Å². The van der Waals surface area contributed by atoms with E-state index in [4.69, 9.17) is 0 Å². The maximum atomic E-state index is 11.6. The third-order valence-corrected chi connectivity index (χ3v) is 11.1. The summed E-state index contributed by atoms with van der Waals surface area (Å²) in [5.74, 6) is 0.352. The molecule has 5 nitrogen and oxygen atoms in total. The Hall–Kier alpha value is -0.910. The molecule has 188 valence electrons. The van der Waals surface area contributed by atoms with Gasteiger partial charge in [0.05, 0.1) is 24.2 Å². The lowest BCUT2D eigenvalue weighted by molar-refractivity contribution is -0.206. The highest BCUT2D eigenvalue weighted by molar-refractivity contribution is 5.72. The van der Waals surface area contributed by atoms with Crippen LogP contribution in [-0.4, -0.2) is 44.7 Å². The van der Waals surface area contributed by atoms with E-state index in [-0.39, 0.29) is 52.6 Å². The number of carboxylic acids is 1. The van der Waals surface area contributed by atoms with E-state index in [1.54, 1.807) is 0 Å². The van der Waals surface area contributed by atoms with E-state index in [9.17, 15) is 25.2 Å². The van der Waals surface area contributed by atoms with Crippen LogP contribution in [0.5, 0.6) is 0 Å². The smallest absolute Gasteiger partial charge is 0.310 e. The van der Waals surface area contributed by atoms with Gasteiger partial charge in [0.25, 0.3) is 0 Å².